The van der Waals surface area contributed by atoms with Gasteiger partial charge in [0.1, 0.15) is 16.9 Å². The molecule has 0 aliphatic rings. The number of alkyl halides is 2. The summed E-state index contributed by atoms with van der Waals surface area (Å²) in [5.41, 5.74) is -5.15. The number of hydrogen-bond donors (Lipinski definition) is 1. The minimum absolute atomic E-state index is 0.0567. The number of ether oxygens (including phenoxy) is 2. The van der Waals surface area contributed by atoms with Crippen LogP contribution in [0.1, 0.15) is 49.5 Å². The predicted octanol–water partition coefficient (Wildman–Crippen LogP) is 4.58. The third-order valence-electron chi connectivity index (χ3n) is 5.35. The number of nitrogens with zero attached hydrogens (tertiary/aromatic N) is 2. The molecule has 0 saturated heterocycles. The third-order valence-corrected chi connectivity index (χ3v) is 8.03. The van der Waals surface area contributed by atoms with Crippen LogP contribution in [0.2, 0.25) is 0 Å². The maximum atomic E-state index is 15.4. The molecule has 2 aromatic rings. The van der Waals surface area contributed by atoms with E-state index in [9.17, 15) is 40.5 Å². The lowest BCUT2D eigenvalue weighted by molar-refractivity contribution is -0.385. The SMILES string of the molecule is Cc1c(Oc2cccc(N(CCC(F)S(=O)(=O)CCCF)[SH](=O)=O)c2F)ccc([N+](=O)[O-])c1C(=O)OC(C)(C)C. The van der Waals surface area contributed by atoms with Crippen molar-refractivity contribution in [2.45, 2.75) is 51.6 Å². The van der Waals surface area contributed by atoms with Gasteiger partial charge in [0, 0.05) is 24.6 Å². The number of anilines is 1. The number of sulfone groups is 1. The van der Waals surface area contributed by atoms with E-state index in [-0.39, 0.29) is 11.3 Å². The van der Waals surface area contributed by atoms with Gasteiger partial charge in [-0.25, -0.2) is 30.4 Å². The highest BCUT2D eigenvalue weighted by atomic mass is 32.2. The van der Waals surface area contributed by atoms with Gasteiger partial charge in [0.25, 0.3) is 5.69 Å². The minimum Gasteiger partial charge on any atom is -0.456 e. The molecule has 0 spiro atoms. The molecule has 0 aliphatic carbocycles. The van der Waals surface area contributed by atoms with E-state index in [1.54, 1.807) is 20.8 Å². The average molecular weight is 611 g/mol. The number of carbonyl (C=O) groups excluding carboxylic acids is 1. The van der Waals surface area contributed by atoms with E-state index in [1.807, 2.05) is 0 Å². The van der Waals surface area contributed by atoms with Crippen LogP contribution in [0, 0.1) is 22.9 Å². The Morgan fingerprint density at radius 3 is 2.38 bits per heavy atom. The van der Waals surface area contributed by atoms with Crippen LogP contribution in [-0.2, 0) is 25.5 Å². The van der Waals surface area contributed by atoms with Crippen LogP contribution < -0.4 is 9.04 Å². The molecule has 11 nitrogen and oxygen atoms in total. The van der Waals surface area contributed by atoms with Crippen molar-refractivity contribution in [1.29, 1.82) is 0 Å². The Morgan fingerprint density at radius 2 is 1.82 bits per heavy atom. The van der Waals surface area contributed by atoms with Gasteiger partial charge in [0.15, 0.2) is 21.4 Å². The van der Waals surface area contributed by atoms with Crippen molar-refractivity contribution >= 4 is 38.1 Å². The summed E-state index contributed by atoms with van der Waals surface area (Å²) in [4.78, 5) is 23.5. The van der Waals surface area contributed by atoms with Crippen LogP contribution >= 0.6 is 0 Å². The number of esters is 1. The number of hydrogen-bond acceptors (Lipinski definition) is 9. The van der Waals surface area contributed by atoms with E-state index in [0.717, 1.165) is 24.3 Å². The molecule has 0 aromatic heterocycles. The molecule has 0 amide bonds. The molecule has 2 aromatic carbocycles. The molecule has 222 valence electrons. The molecule has 0 N–H and O–H groups in total. The largest absolute Gasteiger partial charge is 0.456 e. The number of rotatable bonds is 13. The Balaban J connectivity index is 2.43. The topological polar surface area (TPSA) is 150 Å². The highest BCUT2D eigenvalue weighted by molar-refractivity contribution is 7.91. The normalized spacial score (nSPS) is 12.7. The monoisotopic (exact) mass is 610 g/mol. The molecule has 0 radical (unpaired) electrons. The zero-order chi connectivity index (χ0) is 30.4. The first-order valence-electron chi connectivity index (χ1n) is 11.8. The second-order valence-electron chi connectivity index (χ2n) is 9.50. The van der Waals surface area contributed by atoms with Gasteiger partial charge in [-0.1, -0.05) is 6.07 Å². The van der Waals surface area contributed by atoms with Crippen molar-refractivity contribution in [1.82, 2.24) is 0 Å². The van der Waals surface area contributed by atoms with Crippen molar-refractivity contribution in [3.63, 3.8) is 0 Å². The number of thiol groups is 1. The Bertz CT molecular complexity index is 1430. The molecule has 0 fully saturated rings. The van der Waals surface area contributed by atoms with E-state index in [4.69, 9.17) is 9.47 Å². The van der Waals surface area contributed by atoms with E-state index in [1.165, 1.54) is 13.0 Å². The van der Waals surface area contributed by atoms with E-state index in [2.05, 4.69) is 0 Å². The number of nitro benzene ring substituents is 1. The van der Waals surface area contributed by atoms with E-state index >= 15 is 4.39 Å². The van der Waals surface area contributed by atoms with Crippen molar-refractivity contribution in [2.24, 2.45) is 0 Å². The van der Waals surface area contributed by atoms with E-state index in [0.29, 0.717) is 4.31 Å². The summed E-state index contributed by atoms with van der Waals surface area (Å²) in [7, 11) is -7.93. The van der Waals surface area contributed by atoms with Gasteiger partial charge < -0.3 is 9.47 Å². The summed E-state index contributed by atoms with van der Waals surface area (Å²) in [5, 5.41) is 11.5. The van der Waals surface area contributed by atoms with Gasteiger partial charge in [-0.05, 0) is 52.3 Å². The Morgan fingerprint density at radius 1 is 1.18 bits per heavy atom. The van der Waals surface area contributed by atoms with Gasteiger partial charge in [0.2, 0.25) is 16.4 Å². The van der Waals surface area contributed by atoms with Gasteiger partial charge in [-0.15, -0.1) is 0 Å². The van der Waals surface area contributed by atoms with Crippen LogP contribution in [0.3, 0.4) is 0 Å². The first-order valence-corrected chi connectivity index (χ1v) is 14.7. The maximum Gasteiger partial charge on any atom is 0.346 e. The molecular formula is C24H29F3N2O9S2. The molecule has 40 heavy (non-hydrogen) atoms. The maximum absolute atomic E-state index is 15.4. The fourth-order valence-electron chi connectivity index (χ4n) is 3.50. The van der Waals surface area contributed by atoms with Crippen molar-refractivity contribution < 1.29 is 49.2 Å². The highest BCUT2D eigenvalue weighted by Gasteiger charge is 2.30. The zero-order valence-corrected chi connectivity index (χ0v) is 23.8. The second kappa shape index (κ2) is 13.3. The molecule has 0 saturated carbocycles. The standard InChI is InChI=1S/C24H29F3N2O9S2/c1-15-18(10-9-16(29(31)32)21(15)23(30)38-24(2,3)4)37-19-8-5-7-17(22(19)27)28(39(33)34)13-11-20(26)40(35,36)14-6-12-25/h5,7-10,20,39H,6,11-14H2,1-4H3. The third kappa shape index (κ3) is 8.30. The number of carbonyl (C=O) groups is 1. The molecular weight excluding hydrogens is 581 g/mol. The summed E-state index contributed by atoms with van der Waals surface area (Å²) in [6.45, 7) is 4.26. The van der Waals surface area contributed by atoms with Crippen molar-refractivity contribution in [3.05, 3.63) is 57.4 Å². The van der Waals surface area contributed by atoms with Gasteiger partial charge in [-0.2, -0.15) is 0 Å². The molecule has 0 heterocycles. The molecule has 2 rings (SSSR count). The smallest absolute Gasteiger partial charge is 0.346 e. The first-order chi connectivity index (χ1) is 18.5. The van der Waals surface area contributed by atoms with Crippen molar-refractivity contribution in [3.8, 4) is 11.5 Å². The second-order valence-corrected chi connectivity index (χ2v) is 12.7. The zero-order valence-electron chi connectivity index (χ0n) is 22.1. The molecule has 0 bridgehead atoms. The molecule has 1 atom stereocenters. The van der Waals surface area contributed by atoms with E-state index < -0.39 is 103 Å². The summed E-state index contributed by atoms with van der Waals surface area (Å²) in [6, 6.07) is 5.44. The minimum atomic E-state index is -4.36. The van der Waals surface area contributed by atoms with Crippen LogP contribution in [0.15, 0.2) is 30.3 Å². The fourth-order valence-corrected chi connectivity index (χ4v) is 5.34. The van der Waals surface area contributed by atoms with Gasteiger partial charge in [-0.3, -0.25) is 18.8 Å². The van der Waals surface area contributed by atoms with Crippen LogP contribution in [-0.4, -0.2) is 57.8 Å². The average Bonchev–Trinajstić information content (AvgIpc) is 2.84. The van der Waals surface area contributed by atoms with Gasteiger partial charge >= 0.3 is 5.97 Å². The molecule has 16 heteroatoms. The number of halogens is 3. The summed E-state index contributed by atoms with van der Waals surface area (Å²) < 4.78 is 101. The summed E-state index contributed by atoms with van der Waals surface area (Å²) in [6.07, 6.45) is -1.27. The highest BCUT2D eigenvalue weighted by Crippen LogP contribution is 2.37. The predicted molar refractivity (Wildman–Crippen MR) is 141 cm³/mol. The Hall–Kier alpha value is -3.40. The summed E-state index contributed by atoms with van der Waals surface area (Å²) >= 11 is 0. The van der Waals surface area contributed by atoms with Crippen LogP contribution in [0.5, 0.6) is 11.5 Å². The lowest BCUT2D eigenvalue weighted by Crippen LogP contribution is -2.29. The van der Waals surface area contributed by atoms with Crippen molar-refractivity contribution in [2.75, 3.05) is 23.3 Å². The lowest BCUT2D eigenvalue weighted by atomic mass is 10.0. The Kier molecular flexibility index (Phi) is 10.9. The Labute approximate surface area is 231 Å². The number of benzene rings is 2. The summed E-state index contributed by atoms with van der Waals surface area (Å²) in [5.74, 6) is -3.74. The quantitative estimate of drug-likeness (QED) is 0.149. The molecule has 1 unspecified atom stereocenters. The lowest BCUT2D eigenvalue weighted by Gasteiger charge is -2.22. The first kappa shape index (κ1) is 32.8. The number of nitro groups is 1. The van der Waals surface area contributed by atoms with Gasteiger partial charge in [0.05, 0.1) is 23.0 Å². The fraction of sp³-hybridized carbons (Fsp3) is 0.458. The van der Waals surface area contributed by atoms with Crippen LogP contribution in [0.25, 0.3) is 0 Å². The molecule has 0 aliphatic heterocycles. The van der Waals surface area contributed by atoms with Crippen LogP contribution in [0.4, 0.5) is 24.5 Å².